The molecular formula is C11H12N2S. The van der Waals surface area contributed by atoms with Crippen molar-refractivity contribution >= 4 is 11.8 Å². The molecule has 1 aromatic rings. The van der Waals surface area contributed by atoms with Crippen LogP contribution in [0.15, 0.2) is 23.4 Å². The third kappa shape index (κ3) is 2.08. The van der Waals surface area contributed by atoms with Crippen LogP contribution in [0.3, 0.4) is 0 Å². The molecule has 1 fully saturated rings. The first-order chi connectivity index (χ1) is 6.90. The van der Waals surface area contributed by atoms with Crippen LogP contribution in [0.25, 0.3) is 0 Å². The van der Waals surface area contributed by atoms with E-state index < -0.39 is 0 Å². The van der Waals surface area contributed by atoms with Crippen LogP contribution in [0.5, 0.6) is 0 Å². The number of pyridine rings is 1. The van der Waals surface area contributed by atoms with Crippen LogP contribution < -0.4 is 0 Å². The van der Waals surface area contributed by atoms with Gasteiger partial charge in [0, 0.05) is 22.5 Å². The van der Waals surface area contributed by atoms with Crippen LogP contribution in [-0.4, -0.2) is 10.2 Å². The van der Waals surface area contributed by atoms with Gasteiger partial charge in [-0.05, 0) is 18.9 Å². The largest absolute Gasteiger partial charge is 0.263 e. The molecule has 0 spiro atoms. The first-order valence-corrected chi connectivity index (χ1v) is 5.79. The van der Waals surface area contributed by atoms with Crippen LogP contribution in [0.1, 0.15) is 31.2 Å². The van der Waals surface area contributed by atoms with Gasteiger partial charge in [0.15, 0.2) is 0 Å². The fourth-order valence-electron chi connectivity index (χ4n) is 1.75. The average molecular weight is 204 g/mol. The van der Waals surface area contributed by atoms with Gasteiger partial charge in [-0.1, -0.05) is 12.8 Å². The van der Waals surface area contributed by atoms with Crippen LogP contribution >= 0.6 is 11.8 Å². The standard InChI is InChI=1S/C11H12N2S/c12-7-9-5-6-13-8-11(9)14-10-3-1-2-4-10/h5-6,8,10H,1-4H2. The minimum absolute atomic E-state index is 0.700. The molecule has 0 bridgehead atoms. The Kier molecular flexibility index (Phi) is 3.05. The Morgan fingerprint density at radius 3 is 2.93 bits per heavy atom. The molecule has 1 aromatic heterocycles. The summed E-state index contributed by atoms with van der Waals surface area (Å²) in [6.45, 7) is 0. The molecule has 1 aliphatic rings. The van der Waals surface area contributed by atoms with Gasteiger partial charge in [-0.2, -0.15) is 5.26 Å². The second-order valence-corrected chi connectivity index (χ2v) is 4.85. The highest BCUT2D eigenvalue weighted by Gasteiger charge is 2.17. The van der Waals surface area contributed by atoms with Gasteiger partial charge in [-0.3, -0.25) is 4.98 Å². The minimum atomic E-state index is 0.700. The number of hydrogen-bond acceptors (Lipinski definition) is 3. The first-order valence-electron chi connectivity index (χ1n) is 4.91. The number of nitriles is 1. The molecule has 0 aliphatic heterocycles. The Morgan fingerprint density at radius 2 is 2.21 bits per heavy atom. The summed E-state index contributed by atoms with van der Waals surface area (Å²) < 4.78 is 0. The lowest BCUT2D eigenvalue weighted by atomic mass is 10.3. The summed E-state index contributed by atoms with van der Waals surface area (Å²) in [5.41, 5.74) is 0.761. The van der Waals surface area contributed by atoms with Gasteiger partial charge in [0.1, 0.15) is 6.07 Å². The van der Waals surface area contributed by atoms with Gasteiger partial charge in [0.2, 0.25) is 0 Å². The van der Waals surface area contributed by atoms with E-state index in [1.54, 1.807) is 12.3 Å². The molecule has 0 atom stereocenters. The predicted octanol–water partition coefficient (Wildman–Crippen LogP) is 2.99. The van der Waals surface area contributed by atoms with E-state index in [1.807, 2.05) is 18.0 Å². The van der Waals surface area contributed by atoms with Gasteiger partial charge >= 0.3 is 0 Å². The molecule has 0 N–H and O–H groups in total. The lowest BCUT2D eigenvalue weighted by Gasteiger charge is -2.08. The van der Waals surface area contributed by atoms with Crippen molar-refractivity contribution in [3.8, 4) is 6.07 Å². The Labute approximate surface area is 88.4 Å². The Morgan fingerprint density at radius 1 is 1.43 bits per heavy atom. The third-order valence-corrected chi connectivity index (χ3v) is 3.88. The Bertz CT molecular complexity index is 351. The summed E-state index contributed by atoms with van der Waals surface area (Å²) in [5, 5.41) is 9.60. The molecule has 3 heteroatoms. The van der Waals surface area contributed by atoms with E-state index in [0.717, 1.165) is 10.5 Å². The zero-order valence-corrected chi connectivity index (χ0v) is 8.76. The van der Waals surface area contributed by atoms with Gasteiger partial charge in [-0.15, -0.1) is 11.8 Å². The van der Waals surface area contributed by atoms with Crippen molar-refractivity contribution < 1.29 is 0 Å². The van der Waals surface area contributed by atoms with Crippen molar-refractivity contribution in [2.45, 2.75) is 35.8 Å². The molecule has 72 valence electrons. The molecular weight excluding hydrogens is 192 g/mol. The molecule has 2 nitrogen and oxygen atoms in total. The molecule has 2 rings (SSSR count). The number of thioether (sulfide) groups is 1. The maximum atomic E-state index is 8.90. The second-order valence-electron chi connectivity index (χ2n) is 3.51. The highest BCUT2D eigenvalue weighted by Crippen LogP contribution is 2.35. The normalized spacial score (nSPS) is 16.8. The number of hydrogen-bond donors (Lipinski definition) is 0. The summed E-state index contributed by atoms with van der Waals surface area (Å²) in [6, 6.07) is 4.00. The quantitative estimate of drug-likeness (QED) is 0.743. The second kappa shape index (κ2) is 4.47. The minimum Gasteiger partial charge on any atom is -0.263 e. The molecule has 1 aliphatic carbocycles. The number of aromatic nitrogens is 1. The summed E-state index contributed by atoms with van der Waals surface area (Å²) in [4.78, 5) is 5.11. The van der Waals surface area contributed by atoms with E-state index in [2.05, 4.69) is 11.1 Å². The monoisotopic (exact) mass is 204 g/mol. The van der Waals surface area contributed by atoms with Crippen molar-refractivity contribution in [1.29, 1.82) is 5.26 Å². The zero-order valence-electron chi connectivity index (χ0n) is 7.94. The summed E-state index contributed by atoms with van der Waals surface area (Å²) in [5.74, 6) is 0. The molecule has 0 unspecified atom stereocenters. The molecule has 1 heterocycles. The average Bonchev–Trinajstić information content (AvgIpc) is 2.71. The third-order valence-electron chi connectivity index (χ3n) is 2.50. The van der Waals surface area contributed by atoms with E-state index >= 15 is 0 Å². The molecule has 0 radical (unpaired) electrons. The highest BCUT2D eigenvalue weighted by atomic mass is 32.2. The van der Waals surface area contributed by atoms with Gasteiger partial charge in [-0.25, -0.2) is 0 Å². The predicted molar refractivity (Wildman–Crippen MR) is 57.1 cm³/mol. The highest BCUT2D eigenvalue weighted by molar-refractivity contribution is 8.00. The zero-order chi connectivity index (χ0) is 9.80. The van der Waals surface area contributed by atoms with Gasteiger partial charge in [0.05, 0.1) is 5.56 Å². The van der Waals surface area contributed by atoms with Crippen molar-refractivity contribution in [3.05, 3.63) is 24.0 Å². The van der Waals surface area contributed by atoms with Crippen LogP contribution in [0, 0.1) is 11.3 Å². The molecule has 0 aromatic carbocycles. The topological polar surface area (TPSA) is 36.7 Å². The summed E-state index contributed by atoms with van der Waals surface area (Å²) in [7, 11) is 0. The maximum absolute atomic E-state index is 8.90. The molecule has 1 saturated carbocycles. The van der Waals surface area contributed by atoms with Crippen molar-refractivity contribution in [2.75, 3.05) is 0 Å². The van der Waals surface area contributed by atoms with E-state index in [-0.39, 0.29) is 0 Å². The number of nitrogens with zero attached hydrogens (tertiary/aromatic N) is 2. The number of rotatable bonds is 2. The van der Waals surface area contributed by atoms with Crippen LogP contribution in [0.2, 0.25) is 0 Å². The van der Waals surface area contributed by atoms with E-state index in [4.69, 9.17) is 5.26 Å². The maximum Gasteiger partial charge on any atom is 0.100 e. The smallest absolute Gasteiger partial charge is 0.100 e. The molecule has 0 amide bonds. The molecule has 0 saturated heterocycles. The Balaban J connectivity index is 2.11. The fraction of sp³-hybridized carbons (Fsp3) is 0.455. The fourth-order valence-corrected chi connectivity index (χ4v) is 3.04. The summed E-state index contributed by atoms with van der Waals surface area (Å²) in [6.07, 6.45) is 8.72. The van der Waals surface area contributed by atoms with E-state index in [9.17, 15) is 0 Å². The lowest BCUT2D eigenvalue weighted by molar-refractivity contribution is 0.886. The van der Waals surface area contributed by atoms with Crippen molar-refractivity contribution in [2.24, 2.45) is 0 Å². The van der Waals surface area contributed by atoms with Crippen molar-refractivity contribution in [3.63, 3.8) is 0 Å². The van der Waals surface area contributed by atoms with E-state index in [0.29, 0.717) is 5.25 Å². The van der Waals surface area contributed by atoms with Crippen LogP contribution in [-0.2, 0) is 0 Å². The first kappa shape index (κ1) is 9.54. The van der Waals surface area contributed by atoms with Gasteiger partial charge < -0.3 is 0 Å². The van der Waals surface area contributed by atoms with Crippen LogP contribution in [0.4, 0.5) is 0 Å². The van der Waals surface area contributed by atoms with E-state index in [1.165, 1.54) is 25.7 Å². The van der Waals surface area contributed by atoms with Crippen molar-refractivity contribution in [1.82, 2.24) is 4.98 Å². The summed E-state index contributed by atoms with van der Waals surface area (Å²) >= 11 is 1.82. The molecule has 14 heavy (non-hydrogen) atoms. The van der Waals surface area contributed by atoms with Gasteiger partial charge in [0.25, 0.3) is 0 Å². The Hall–Kier alpha value is -1.01. The lowest BCUT2D eigenvalue weighted by Crippen LogP contribution is -1.95. The SMILES string of the molecule is N#Cc1ccncc1SC1CCCC1.